The summed E-state index contributed by atoms with van der Waals surface area (Å²) in [6.07, 6.45) is -2.30. The molecule has 1 aromatic carbocycles. The highest BCUT2D eigenvalue weighted by atomic mass is 19.4. The fourth-order valence-corrected chi connectivity index (χ4v) is 2.11. The number of benzene rings is 1. The van der Waals surface area contributed by atoms with Crippen molar-refractivity contribution >= 4 is 0 Å². The maximum absolute atomic E-state index is 12.8. The van der Waals surface area contributed by atoms with Crippen LogP contribution >= 0.6 is 0 Å². The van der Waals surface area contributed by atoms with Gasteiger partial charge in [-0.15, -0.1) is 0 Å². The number of hydrogen-bond acceptors (Lipinski definition) is 2. The molecule has 0 bridgehead atoms. The van der Waals surface area contributed by atoms with Gasteiger partial charge in [-0.1, -0.05) is 18.2 Å². The molecule has 0 radical (unpaired) electrons. The summed E-state index contributed by atoms with van der Waals surface area (Å²) >= 11 is 0. The van der Waals surface area contributed by atoms with Crippen LogP contribution < -0.4 is 0 Å². The first-order chi connectivity index (χ1) is 8.52. The molecule has 0 spiro atoms. The lowest BCUT2D eigenvalue weighted by atomic mass is 10.1. The fraction of sp³-hybridized carbons (Fsp3) is 0.538. The highest BCUT2D eigenvalue weighted by Gasteiger charge is 2.35. The van der Waals surface area contributed by atoms with E-state index in [1.165, 1.54) is 12.1 Å². The Balaban J connectivity index is 2.17. The number of halogens is 3. The smallest absolute Gasteiger partial charge is 0.395 e. The summed E-state index contributed by atoms with van der Waals surface area (Å²) in [6.45, 7) is 0.655. The van der Waals surface area contributed by atoms with Crippen LogP contribution in [0.2, 0.25) is 0 Å². The van der Waals surface area contributed by atoms with Gasteiger partial charge in [0.25, 0.3) is 0 Å². The van der Waals surface area contributed by atoms with Crippen LogP contribution in [0.15, 0.2) is 24.3 Å². The van der Waals surface area contributed by atoms with Crippen LogP contribution in [0.1, 0.15) is 24.0 Å². The third-order valence-corrected chi connectivity index (χ3v) is 3.15. The Morgan fingerprint density at radius 2 is 1.89 bits per heavy atom. The normalized spacial score (nSPS) is 16.3. The first kappa shape index (κ1) is 13.4. The van der Waals surface area contributed by atoms with E-state index in [4.69, 9.17) is 5.11 Å². The molecule has 1 N–H and O–H groups in total. The molecule has 1 aliphatic carbocycles. The average Bonchev–Trinajstić information content (AvgIpc) is 3.11. The van der Waals surface area contributed by atoms with Crippen LogP contribution in [0.4, 0.5) is 13.2 Å². The molecule has 0 amide bonds. The average molecular weight is 259 g/mol. The van der Waals surface area contributed by atoms with Crippen molar-refractivity contribution in [1.29, 1.82) is 0 Å². The first-order valence-electron chi connectivity index (χ1n) is 6.02. The van der Waals surface area contributed by atoms with Crippen LogP contribution in [0.3, 0.4) is 0 Å². The minimum atomic E-state index is -4.31. The van der Waals surface area contributed by atoms with Gasteiger partial charge in [0.2, 0.25) is 0 Å². The van der Waals surface area contributed by atoms with Gasteiger partial charge in [-0.2, -0.15) is 13.2 Å². The van der Waals surface area contributed by atoms with Gasteiger partial charge in [0.05, 0.1) is 12.2 Å². The predicted molar refractivity (Wildman–Crippen MR) is 62.0 cm³/mol. The zero-order valence-corrected chi connectivity index (χ0v) is 9.95. The highest BCUT2D eigenvalue weighted by Crippen LogP contribution is 2.34. The van der Waals surface area contributed by atoms with Crippen molar-refractivity contribution in [1.82, 2.24) is 4.90 Å². The minimum absolute atomic E-state index is 0.0231. The summed E-state index contributed by atoms with van der Waals surface area (Å²) in [6, 6.07) is 5.97. The molecule has 1 aliphatic rings. The molecule has 1 saturated carbocycles. The van der Waals surface area contributed by atoms with E-state index in [-0.39, 0.29) is 18.7 Å². The second-order valence-corrected chi connectivity index (χ2v) is 4.58. The number of aliphatic hydroxyl groups is 1. The van der Waals surface area contributed by atoms with E-state index in [0.29, 0.717) is 12.6 Å². The molecule has 0 saturated heterocycles. The first-order valence-corrected chi connectivity index (χ1v) is 6.02. The summed E-state index contributed by atoms with van der Waals surface area (Å²) in [4.78, 5) is 1.92. The Bertz CT molecular complexity index is 401. The molecule has 100 valence electrons. The van der Waals surface area contributed by atoms with E-state index >= 15 is 0 Å². The van der Waals surface area contributed by atoms with E-state index in [0.717, 1.165) is 18.9 Å². The van der Waals surface area contributed by atoms with Gasteiger partial charge in [0, 0.05) is 19.1 Å². The molecule has 5 heteroatoms. The molecule has 2 nitrogen and oxygen atoms in total. The summed E-state index contributed by atoms with van der Waals surface area (Å²) < 4.78 is 38.5. The third kappa shape index (κ3) is 3.23. The van der Waals surface area contributed by atoms with Crippen molar-refractivity contribution in [3.8, 4) is 0 Å². The second kappa shape index (κ2) is 5.28. The Morgan fingerprint density at radius 3 is 2.44 bits per heavy atom. The van der Waals surface area contributed by atoms with E-state index in [2.05, 4.69) is 0 Å². The molecule has 0 atom stereocenters. The third-order valence-electron chi connectivity index (χ3n) is 3.15. The van der Waals surface area contributed by atoms with Gasteiger partial charge in [0.1, 0.15) is 0 Å². The Hall–Kier alpha value is -1.07. The van der Waals surface area contributed by atoms with Crippen LogP contribution in [0.25, 0.3) is 0 Å². The van der Waals surface area contributed by atoms with E-state index in [1.54, 1.807) is 6.07 Å². The lowest BCUT2D eigenvalue weighted by molar-refractivity contribution is -0.138. The predicted octanol–water partition coefficient (Wildman–Crippen LogP) is 2.66. The topological polar surface area (TPSA) is 23.5 Å². The summed E-state index contributed by atoms with van der Waals surface area (Å²) in [5.74, 6) is 0. The van der Waals surface area contributed by atoms with Gasteiger partial charge < -0.3 is 5.11 Å². The van der Waals surface area contributed by atoms with Crippen molar-refractivity contribution in [2.24, 2.45) is 0 Å². The number of aliphatic hydroxyl groups excluding tert-OH is 1. The minimum Gasteiger partial charge on any atom is -0.395 e. The van der Waals surface area contributed by atoms with E-state index in [1.807, 2.05) is 4.90 Å². The molecule has 2 rings (SSSR count). The zero-order valence-electron chi connectivity index (χ0n) is 9.95. The van der Waals surface area contributed by atoms with Gasteiger partial charge in [-0.05, 0) is 24.5 Å². The standard InChI is InChI=1S/C13H16F3NO/c14-13(15,16)12-4-2-1-3-10(12)9-17(7-8-18)11-5-6-11/h1-4,11,18H,5-9H2. The molecule has 1 aromatic rings. The van der Waals surface area contributed by atoms with Gasteiger partial charge in [-0.25, -0.2) is 0 Å². The van der Waals surface area contributed by atoms with Gasteiger partial charge in [-0.3, -0.25) is 4.90 Å². The molecule has 18 heavy (non-hydrogen) atoms. The Morgan fingerprint density at radius 1 is 1.22 bits per heavy atom. The SMILES string of the molecule is OCCN(Cc1ccccc1C(F)(F)F)C1CC1. The van der Waals surface area contributed by atoms with Crippen molar-refractivity contribution in [2.75, 3.05) is 13.2 Å². The Labute approximate surface area is 104 Å². The number of rotatable bonds is 5. The van der Waals surface area contributed by atoms with Crippen LogP contribution in [-0.2, 0) is 12.7 Å². The Kier molecular flexibility index (Phi) is 3.92. The second-order valence-electron chi connectivity index (χ2n) is 4.58. The van der Waals surface area contributed by atoms with Crippen LogP contribution in [0, 0.1) is 0 Å². The fourth-order valence-electron chi connectivity index (χ4n) is 2.11. The summed E-state index contributed by atoms with van der Waals surface area (Å²) in [5.41, 5.74) is -0.293. The number of nitrogens with zero attached hydrogens (tertiary/aromatic N) is 1. The van der Waals surface area contributed by atoms with Crippen molar-refractivity contribution < 1.29 is 18.3 Å². The van der Waals surface area contributed by atoms with Crippen molar-refractivity contribution in [2.45, 2.75) is 31.6 Å². The number of hydrogen-bond donors (Lipinski definition) is 1. The van der Waals surface area contributed by atoms with Crippen LogP contribution in [-0.4, -0.2) is 29.2 Å². The largest absolute Gasteiger partial charge is 0.416 e. The van der Waals surface area contributed by atoms with Gasteiger partial charge in [0.15, 0.2) is 0 Å². The van der Waals surface area contributed by atoms with E-state index in [9.17, 15) is 13.2 Å². The summed E-state index contributed by atoms with van der Waals surface area (Å²) in [7, 11) is 0. The molecule has 0 aliphatic heterocycles. The van der Waals surface area contributed by atoms with Crippen LogP contribution in [0.5, 0.6) is 0 Å². The maximum atomic E-state index is 12.8. The molecular formula is C13H16F3NO. The molecule has 1 fully saturated rings. The summed E-state index contributed by atoms with van der Waals surface area (Å²) in [5, 5.41) is 8.96. The monoisotopic (exact) mass is 259 g/mol. The van der Waals surface area contributed by atoms with Gasteiger partial charge >= 0.3 is 6.18 Å². The maximum Gasteiger partial charge on any atom is 0.416 e. The molecule has 0 aromatic heterocycles. The molecule has 0 unspecified atom stereocenters. The quantitative estimate of drug-likeness (QED) is 0.878. The molecular weight excluding hydrogens is 243 g/mol. The lowest BCUT2D eigenvalue weighted by Crippen LogP contribution is -2.29. The number of alkyl halides is 3. The zero-order chi connectivity index (χ0) is 13.2. The van der Waals surface area contributed by atoms with Crippen molar-refractivity contribution in [3.63, 3.8) is 0 Å². The lowest BCUT2D eigenvalue weighted by Gasteiger charge is -2.23. The van der Waals surface area contributed by atoms with Crippen molar-refractivity contribution in [3.05, 3.63) is 35.4 Å². The molecule has 0 heterocycles. The van der Waals surface area contributed by atoms with E-state index < -0.39 is 11.7 Å². The highest BCUT2D eigenvalue weighted by molar-refractivity contribution is 5.29.